The van der Waals surface area contributed by atoms with E-state index in [0.717, 1.165) is 6.07 Å². The number of nitro benzene ring substituents is 1. The number of carbonyl (C=O) groups excluding carboxylic acids is 2. The average Bonchev–Trinajstić information content (AvgIpc) is 2.21. The van der Waals surface area contributed by atoms with Crippen molar-refractivity contribution >= 4 is 52.1 Å². The molecule has 9 heteroatoms. The van der Waals surface area contributed by atoms with Crippen LogP contribution in [0.2, 0.25) is 10.0 Å². The van der Waals surface area contributed by atoms with Crippen LogP contribution >= 0.6 is 23.2 Å². The van der Waals surface area contributed by atoms with E-state index in [0.29, 0.717) is 0 Å². The summed E-state index contributed by atoms with van der Waals surface area (Å²) < 4.78 is 0. The van der Waals surface area contributed by atoms with Gasteiger partial charge < -0.3 is 5.32 Å². The molecule has 7 nitrogen and oxygen atoms in total. The van der Waals surface area contributed by atoms with E-state index in [4.69, 9.17) is 23.2 Å². The van der Waals surface area contributed by atoms with Gasteiger partial charge in [-0.15, -0.1) is 0 Å². The summed E-state index contributed by atoms with van der Waals surface area (Å²) >= 11 is 11.4. The van der Waals surface area contributed by atoms with Gasteiger partial charge in [-0.05, 0) is 6.07 Å². The van der Waals surface area contributed by atoms with E-state index in [-0.39, 0.29) is 21.4 Å². The molecule has 0 bridgehead atoms. The van der Waals surface area contributed by atoms with Crippen molar-refractivity contribution in [3.05, 3.63) is 26.2 Å². The van der Waals surface area contributed by atoms with Crippen LogP contribution in [0.3, 0.4) is 0 Å². The van der Waals surface area contributed by atoms with Crippen molar-refractivity contribution in [3.63, 3.8) is 0 Å². The van der Waals surface area contributed by atoms with Crippen molar-refractivity contribution in [2.45, 2.75) is 0 Å². The van der Waals surface area contributed by atoms with Crippen LogP contribution in [0.25, 0.3) is 0 Å². The lowest BCUT2D eigenvalue weighted by molar-refractivity contribution is -0.384. The van der Waals surface area contributed by atoms with Gasteiger partial charge in [0.05, 0.1) is 10.6 Å². The lowest BCUT2D eigenvalue weighted by atomic mass is 10.2. The third kappa shape index (κ3) is 1.79. The fourth-order valence-electron chi connectivity index (χ4n) is 1.30. The zero-order chi connectivity index (χ0) is 12.7. The van der Waals surface area contributed by atoms with Gasteiger partial charge in [0.2, 0.25) is 0 Å². The first-order chi connectivity index (χ1) is 7.91. The van der Waals surface area contributed by atoms with E-state index in [1.165, 1.54) is 0 Å². The van der Waals surface area contributed by atoms with Crippen molar-refractivity contribution in [3.8, 4) is 0 Å². The summed E-state index contributed by atoms with van der Waals surface area (Å²) in [6, 6.07) is 1.12. The number of nitrogens with one attached hydrogen (secondary N) is 1. The molecule has 0 saturated carbocycles. The van der Waals surface area contributed by atoms with E-state index in [1.54, 1.807) is 0 Å². The first-order valence-corrected chi connectivity index (χ1v) is 4.91. The summed E-state index contributed by atoms with van der Waals surface area (Å²) in [6.07, 6.45) is 0. The van der Waals surface area contributed by atoms with Crippen LogP contribution in [0.15, 0.2) is 6.07 Å². The number of benzene rings is 1. The Morgan fingerprint density at radius 2 is 2.00 bits per heavy atom. The zero-order valence-corrected chi connectivity index (χ0v) is 9.37. The number of amides is 2. The van der Waals surface area contributed by atoms with Gasteiger partial charge in [0.1, 0.15) is 15.7 Å². The Hall–Kier alpha value is -1.86. The van der Waals surface area contributed by atoms with E-state index < -0.39 is 22.4 Å². The normalized spacial score (nSPS) is 13.8. The molecular weight excluding hydrogens is 273 g/mol. The number of hydrogen-bond donors (Lipinski definition) is 1. The molecule has 1 heterocycles. The Kier molecular flexibility index (Phi) is 2.64. The predicted octanol–water partition coefficient (Wildman–Crippen LogP) is 1.62. The predicted molar refractivity (Wildman–Crippen MR) is 58.5 cm³/mol. The van der Waals surface area contributed by atoms with Gasteiger partial charge in [-0.25, -0.2) is 5.32 Å². The van der Waals surface area contributed by atoms with Crippen LogP contribution in [0, 0.1) is 10.1 Å². The molecule has 1 aliphatic heterocycles. The first-order valence-electron chi connectivity index (χ1n) is 4.15. The van der Waals surface area contributed by atoms with Crippen LogP contribution in [-0.2, 0) is 9.59 Å². The maximum Gasteiger partial charge on any atom is 0.335 e. The van der Waals surface area contributed by atoms with Gasteiger partial charge in [0.25, 0.3) is 0 Å². The molecular formula is C8H2Cl2N3O4. The Balaban J connectivity index is 2.67. The molecule has 2 amide bonds. The Morgan fingerprint density at radius 1 is 1.35 bits per heavy atom. The molecule has 0 fully saturated rings. The quantitative estimate of drug-likeness (QED) is 0.477. The number of anilines is 1. The lowest BCUT2D eigenvalue weighted by Gasteiger charge is -2.16. The molecule has 1 aliphatic rings. The molecule has 17 heavy (non-hydrogen) atoms. The molecule has 0 saturated heterocycles. The van der Waals surface area contributed by atoms with E-state index in [2.05, 4.69) is 10.6 Å². The Bertz CT molecular complexity index is 572. The van der Waals surface area contributed by atoms with Gasteiger partial charge in [-0.3, -0.25) is 19.7 Å². The van der Waals surface area contributed by atoms with E-state index >= 15 is 0 Å². The highest BCUT2D eigenvalue weighted by atomic mass is 35.5. The highest BCUT2D eigenvalue weighted by Gasteiger charge is 2.32. The smallest absolute Gasteiger partial charge is 0.316 e. The van der Waals surface area contributed by atoms with E-state index in [1.807, 2.05) is 0 Å². The summed E-state index contributed by atoms with van der Waals surface area (Å²) in [6.45, 7) is 0. The lowest BCUT2D eigenvalue weighted by Crippen LogP contribution is -2.33. The molecule has 1 N–H and O–H groups in total. The molecule has 0 aliphatic carbocycles. The second-order valence-electron chi connectivity index (χ2n) is 3.05. The van der Waals surface area contributed by atoms with Gasteiger partial charge in [-0.2, -0.15) is 0 Å². The minimum atomic E-state index is -1.07. The third-order valence-corrected chi connectivity index (χ3v) is 2.65. The minimum absolute atomic E-state index is 0.0650. The molecule has 1 radical (unpaired) electrons. The minimum Gasteiger partial charge on any atom is -0.316 e. The molecule has 0 unspecified atom stereocenters. The third-order valence-electron chi connectivity index (χ3n) is 2.01. The molecule has 0 atom stereocenters. The van der Waals surface area contributed by atoms with Gasteiger partial charge in [0, 0.05) is 0 Å². The second kappa shape index (κ2) is 3.86. The zero-order valence-electron chi connectivity index (χ0n) is 7.86. The van der Waals surface area contributed by atoms with Crippen molar-refractivity contribution in [1.29, 1.82) is 0 Å². The molecule has 0 spiro atoms. The van der Waals surface area contributed by atoms with Gasteiger partial charge in [-0.1, -0.05) is 23.2 Å². The highest BCUT2D eigenvalue weighted by Crippen LogP contribution is 2.44. The number of hydrogen-bond acceptors (Lipinski definition) is 4. The molecule has 0 aromatic heterocycles. The fourth-order valence-corrected chi connectivity index (χ4v) is 1.93. The van der Waals surface area contributed by atoms with Crippen molar-refractivity contribution < 1.29 is 14.5 Å². The topological polar surface area (TPSA) is 103 Å². The fraction of sp³-hybridized carbons (Fsp3) is 0. The van der Waals surface area contributed by atoms with Crippen molar-refractivity contribution in [2.24, 2.45) is 0 Å². The summed E-state index contributed by atoms with van der Waals surface area (Å²) in [7, 11) is 0. The van der Waals surface area contributed by atoms with Gasteiger partial charge in [0.15, 0.2) is 0 Å². The highest BCUT2D eigenvalue weighted by molar-refractivity contribution is 6.46. The van der Waals surface area contributed by atoms with Crippen LogP contribution < -0.4 is 10.6 Å². The van der Waals surface area contributed by atoms with Crippen LogP contribution in [0.5, 0.6) is 0 Å². The largest absolute Gasteiger partial charge is 0.335 e. The number of carbonyl (C=O) groups is 2. The Morgan fingerprint density at radius 3 is 2.59 bits per heavy atom. The standard InChI is InChI=1S/C8H2Cl2N3O4/c9-2-1-3-5(4(10)6(2)13(16)17)12-8(15)7(14)11-3/h1H,(H,11,14). The summed E-state index contributed by atoms with van der Waals surface area (Å²) in [4.78, 5) is 32.0. The number of halogens is 2. The van der Waals surface area contributed by atoms with Crippen LogP contribution in [0.1, 0.15) is 0 Å². The SMILES string of the molecule is O=C1[N]c2c(cc(Cl)c([N+](=O)[O-])c2Cl)NC1=O. The summed E-state index contributed by atoms with van der Waals surface area (Å²) in [5.74, 6) is -2.02. The number of rotatable bonds is 1. The van der Waals surface area contributed by atoms with E-state index in [9.17, 15) is 19.7 Å². The average molecular weight is 275 g/mol. The number of fused-ring (bicyclic) bond motifs is 1. The van der Waals surface area contributed by atoms with Crippen molar-refractivity contribution in [1.82, 2.24) is 5.32 Å². The maximum atomic E-state index is 11.0. The first kappa shape index (κ1) is 11.6. The molecule has 87 valence electrons. The second-order valence-corrected chi connectivity index (χ2v) is 3.83. The summed E-state index contributed by atoms with van der Waals surface area (Å²) in [5.41, 5.74) is -0.651. The Labute approximate surface area is 104 Å². The van der Waals surface area contributed by atoms with Crippen LogP contribution in [0.4, 0.5) is 17.1 Å². The van der Waals surface area contributed by atoms with Crippen molar-refractivity contribution in [2.75, 3.05) is 5.32 Å². The molecule has 2 rings (SSSR count). The number of nitrogens with zero attached hydrogens (tertiary/aromatic N) is 2. The summed E-state index contributed by atoms with van der Waals surface area (Å²) in [5, 5.41) is 15.6. The maximum absolute atomic E-state index is 11.0. The van der Waals surface area contributed by atoms with Gasteiger partial charge >= 0.3 is 17.5 Å². The monoisotopic (exact) mass is 274 g/mol. The van der Waals surface area contributed by atoms with Crippen LogP contribution in [-0.4, -0.2) is 16.7 Å². The number of nitro groups is 1. The molecule has 1 aromatic carbocycles. The molecule has 1 aromatic rings.